The summed E-state index contributed by atoms with van der Waals surface area (Å²) >= 11 is 0. The van der Waals surface area contributed by atoms with Crippen molar-refractivity contribution in [1.82, 2.24) is 19.9 Å². The molecule has 2 fully saturated rings. The first-order valence-electron chi connectivity index (χ1n) is 8.93. The van der Waals surface area contributed by atoms with Crippen LogP contribution in [-0.4, -0.2) is 44.1 Å². The van der Waals surface area contributed by atoms with Crippen LogP contribution in [0, 0.1) is 0 Å². The lowest BCUT2D eigenvalue weighted by Crippen LogP contribution is -2.41. The highest BCUT2D eigenvalue weighted by molar-refractivity contribution is 5.03. The monoisotopic (exact) mass is 306 g/mol. The van der Waals surface area contributed by atoms with Crippen molar-refractivity contribution in [3.8, 4) is 0 Å². The van der Waals surface area contributed by atoms with E-state index in [2.05, 4.69) is 15.2 Å². The van der Waals surface area contributed by atoms with E-state index in [1.54, 1.807) is 13.8 Å². The van der Waals surface area contributed by atoms with Crippen LogP contribution in [0.5, 0.6) is 0 Å². The van der Waals surface area contributed by atoms with Crippen LogP contribution in [0.25, 0.3) is 0 Å². The van der Waals surface area contributed by atoms with E-state index >= 15 is 0 Å². The molecular formula is C17H30N4O. The van der Waals surface area contributed by atoms with E-state index in [1.165, 1.54) is 51.6 Å². The Bertz CT molecular complexity index is 463. The zero-order valence-corrected chi connectivity index (χ0v) is 14.0. The third-order valence-corrected chi connectivity index (χ3v) is 5.35. The van der Waals surface area contributed by atoms with Crippen molar-refractivity contribution in [2.75, 3.05) is 13.1 Å². The van der Waals surface area contributed by atoms with Gasteiger partial charge in [-0.3, -0.25) is 0 Å². The molecule has 0 radical (unpaired) electrons. The van der Waals surface area contributed by atoms with E-state index in [0.29, 0.717) is 11.7 Å². The molecule has 1 aliphatic heterocycles. The predicted octanol–water partition coefficient (Wildman–Crippen LogP) is 2.87. The van der Waals surface area contributed by atoms with Gasteiger partial charge in [0.1, 0.15) is 11.3 Å². The number of nitrogens with zero attached hydrogens (tertiary/aromatic N) is 4. The number of piperidine rings is 1. The molecule has 2 heterocycles. The Morgan fingerprint density at radius 1 is 1.00 bits per heavy atom. The number of aromatic nitrogens is 3. The SMILES string of the molecule is CC(C)(O)c1cn(C2CCN(C3CCCCCC3)CC2)nn1. The van der Waals surface area contributed by atoms with Crippen LogP contribution in [0.4, 0.5) is 0 Å². The second kappa shape index (κ2) is 6.67. The van der Waals surface area contributed by atoms with E-state index in [1.807, 2.05) is 10.9 Å². The van der Waals surface area contributed by atoms with Crippen molar-refractivity contribution in [1.29, 1.82) is 0 Å². The summed E-state index contributed by atoms with van der Waals surface area (Å²) < 4.78 is 1.97. The summed E-state index contributed by atoms with van der Waals surface area (Å²) in [6.45, 7) is 5.87. The minimum Gasteiger partial charge on any atom is -0.384 e. The Hall–Kier alpha value is -0.940. The Morgan fingerprint density at radius 2 is 1.64 bits per heavy atom. The molecule has 0 atom stereocenters. The maximum atomic E-state index is 10.0. The molecule has 1 saturated carbocycles. The van der Waals surface area contributed by atoms with Gasteiger partial charge in [0.2, 0.25) is 0 Å². The summed E-state index contributed by atoms with van der Waals surface area (Å²) in [5.41, 5.74) is -0.238. The molecule has 1 aromatic rings. The highest BCUT2D eigenvalue weighted by atomic mass is 16.3. The van der Waals surface area contributed by atoms with Crippen molar-refractivity contribution in [3.05, 3.63) is 11.9 Å². The lowest BCUT2D eigenvalue weighted by Gasteiger charge is -2.37. The molecule has 0 spiro atoms. The zero-order valence-electron chi connectivity index (χ0n) is 14.0. The van der Waals surface area contributed by atoms with E-state index in [4.69, 9.17) is 0 Å². The lowest BCUT2D eigenvalue weighted by atomic mass is 9.99. The van der Waals surface area contributed by atoms with Gasteiger partial charge < -0.3 is 10.0 Å². The van der Waals surface area contributed by atoms with Crippen LogP contribution in [-0.2, 0) is 5.60 Å². The highest BCUT2D eigenvalue weighted by Crippen LogP contribution is 2.29. The first-order chi connectivity index (χ1) is 10.5. The van der Waals surface area contributed by atoms with Gasteiger partial charge in [-0.05, 0) is 39.5 Å². The topological polar surface area (TPSA) is 54.2 Å². The second-order valence-corrected chi connectivity index (χ2v) is 7.56. The van der Waals surface area contributed by atoms with Gasteiger partial charge in [0, 0.05) is 19.1 Å². The fraction of sp³-hybridized carbons (Fsp3) is 0.882. The van der Waals surface area contributed by atoms with Gasteiger partial charge in [-0.2, -0.15) is 0 Å². The number of likely N-dealkylation sites (tertiary alicyclic amines) is 1. The quantitative estimate of drug-likeness (QED) is 0.873. The molecule has 1 N–H and O–H groups in total. The molecule has 0 aromatic carbocycles. The van der Waals surface area contributed by atoms with Gasteiger partial charge in [-0.15, -0.1) is 5.10 Å². The summed E-state index contributed by atoms with van der Waals surface area (Å²) in [5, 5.41) is 18.4. The summed E-state index contributed by atoms with van der Waals surface area (Å²) in [5.74, 6) is 0. The summed E-state index contributed by atoms with van der Waals surface area (Å²) in [6.07, 6.45) is 12.6. The van der Waals surface area contributed by atoms with Crippen molar-refractivity contribution in [2.45, 2.75) is 82.9 Å². The molecule has 3 rings (SSSR count). The van der Waals surface area contributed by atoms with Gasteiger partial charge in [-0.25, -0.2) is 4.68 Å². The number of hydrogen-bond donors (Lipinski definition) is 1. The summed E-state index contributed by atoms with van der Waals surface area (Å²) in [4.78, 5) is 2.70. The van der Waals surface area contributed by atoms with E-state index in [9.17, 15) is 5.11 Å². The lowest BCUT2D eigenvalue weighted by molar-refractivity contribution is 0.0736. The average molecular weight is 306 g/mol. The zero-order chi connectivity index (χ0) is 15.6. The molecule has 124 valence electrons. The molecule has 1 aromatic heterocycles. The molecule has 0 bridgehead atoms. The van der Waals surface area contributed by atoms with E-state index < -0.39 is 5.60 Å². The van der Waals surface area contributed by atoms with Crippen molar-refractivity contribution < 1.29 is 5.11 Å². The van der Waals surface area contributed by atoms with Crippen molar-refractivity contribution in [2.24, 2.45) is 0 Å². The molecule has 1 saturated heterocycles. The number of aliphatic hydroxyl groups is 1. The smallest absolute Gasteiger partial charge is 0.114 e. The third-order valence-electron chi connectivity index (χ3n) is 5.35. The second-order valence-electron chi connectivity index (χ2n) is 7.56. The Kier molecular flexibility index (Phi) is 4.83. The standard InChI is InChI=1S/C17H30N4O/c1-17(2,22)16-13-21(19-18-16)15-9-11-20(12-10-15)14-7-5-3-4-6-8-14/h13-15,22H,3-12H2,1-2H3. The number of rotatable bonds is 3. The normalized spacial score (nSPS) is 23.6. The van der Waals surface area contributed by atoms with Crippen molar-refractivity contribution in [3.63, 3.8) is 0 Å². The van der Waals surface area contributed by atoms with Gasteiger partial charge in [0.25, 0.3) is 0 Å². The molecule has 0 unspecified atom stereocenters. The average Bonchev–Trinajstić information content (AvgIpc) is 2.84. The van der Waals surface area contributed by atoms with Gasteiger partial charge in [-0.1, -0.05) is 30.9 Å². The summed E-state index contributed by atoms with van der Waals surface area (Å²) in [7, 11) is 0. The number of hydrogen-bond acceptors (Lipinski definition) is 4. The molecular weight excluding hydrogens is 276 g/mol. The predicted molar refractivity (Wildman–Crippen MR) is 86.6 cm³/mol. The van der Waals surface area contributed by atoms with E-state index in [0.717, 1.165) is 18.9 Å². The first-order valence-corrected chi connectivity index (χ1v) is 8.93. The maximum Gasteiger partial charge on any atom is 0.114 e. The molecule has 5 heteroatoms. The largest absolute Gasteiger partial charge is 0.384 e. The van der Waals surface area contributed by atoms with E-state index in [-0.39, 0.29) is 0 Å². The molecule has 5 nitrogen and oxygen atoms in total. The first kappa shape index (κ1) is 15.9. The summed E-state index contributed by atoms with van der Waals surface area (Å²) in [6, 6.07) is 1.25. The molecule has 1 aliphatic carbocycles. The third kappa shape index (κ3) is 3.69. The van der Waals surface area contributed by atoms with Crippen LogP contribution >= 0.6 is 0 Å². The Labute approximate surface area is 133 Å². The fourth-order valence-electron chi connectivity index (χ4n) is 3.87. The Morgan fingerprint density at radius 3 is 2.18 bits per heavy atom. The van der Waals surface area contributed by atoms with Crippen LogP contribution in [0.3, 0.4) is 0 Å². The minimum absolute atomic E-state index is 0.436. The van der Waals surface area contributed by atoms with Crippen LogP contribution in [0.15, 0.2) is 6.20 Å². The molecule has 2 aliphatic rings. The van der Waals surface area contributed by atoms with Gasteiger partial charge >= 0.3 is 0 Å². The minimum atomic E-state index is -0.903. The highest BCUT2D eigenvalue weighted by Gasteiger charge is 2.28. The molecule has 22 heavy (non-hydrogen) atoms. The molecule has 0 amide bonds. The van der Waals surface area contributed by atoms with Gasteiger partial charge in [0.05, 0.1) is 12.2 Å². The maximum absolute atomic E-state index is 10.0. The van der Waals surface area contributed by atoms with Crippen LogP contribution in [0.1, 0.15) is 76.9 Å². The van der Waals surface area contributed by atoms with Crippen LogP contribution < -0.4 is 0 Å². The van der Waals surface area contributed by atoms with Crippen LogP contribution in [0.2, 0.25) is 0 Å². The van der Waals surface area contributed by atoms with Crippen molar-refractivity contribution >= 4 is 0 Å². The van der Waals surface area contributed by atoms with Gasteiger partial charge in [0.15, 0.2) is 0 Å². The fourth-order valence-corrected chi connectivity index (χ4v) is 3.87. The Balaban J connectivity index is 1.56.